The highest BCUT2D eigenvalue weighted by molar-refractivity contribution is 5.75. The van der Waals surface area contributed by atoms with Crippen LogP contribution in [-0.4, -0.2) is 28.4 Å². The lowest BCUT2D eigenvalue weighted by atomic mass is 9.47. The van der Waals surface area contributed by atoms with Gasteiger partial charge in [-0.3, -0.25) is 9.59 Å². The Morgan fingerprint density at radius 1 is 0.947 bits per heavy atom. The Labute approximate surface area is 113 Å². The molecule has 2 unspecified atom stereocenters. The predicted octanol–water partition coefficient (Wildman–Crippen LogP) is 0.431. The molecule has 0 aromatic heterocycles. The molecule has 0 aromatic carbocycles. The zero-order valence-electron chi connectivity index (χ0n) is 11.7. The van der Waals surface area contributed by atoms with Crippen molar-refractivity contribution < 1.29 is 9.59 Å². The lowest BCUT2D eigenvalue weighted by molar-refractivity contribution is -0.131. The predicted molar refractivity (Wildman–Crippen MR) is 71.2 cm³/mol. The SMILES string of the molecule is CC(=O)NC12CC3CC(N)(C1)CC(NC(C)=O)(C3)C2. The summed E-state index contributed by atoms with van der Waals surface area (Å²) in [6, 6.07) is 0. The summed E-state index contributed by atoms with van der Waals surface area (Å²) in [5, 5.41) is 6.28. The maximum absolute atomic E-state index is 11.5. The first-order chi connectivity index (χ1) is 8.74. The molecule has 4 saturated carbocycles. The van der Waals surface area contributed by atoms with Crippen LogP contribution in [0.3, 0.4) is 0 Å². The second-order valence-corrected chi connectivity index (χ2v) is 7.29. The zero-order chi connectivity index (χ0) is 13.9. The summed E-state index contributed by atoms with van der Waals surface area (Å²) in [5.41, 5.74) is 5.90. The monoisotopic (exact) mass is 265 g/mol. The number of hydrogen-bond donors (Lipinski definition) is 3. The van der Waals surface area contributed by atoms with Crippen LogP contribution in [0, 0.1) is 5.92 Å². The molecule has 5 heteroatoms. The third-order valence-electron chi connectivity index (χ3n) is 4.99. The van der Waals surface area contributed by atoms with Crippen molar-refractivity contribution in [3.05, 3.63) is 0 Å². The summed E-state index contributed by atoms with van der Waals surface area (Å²) in [4.78, 5) is 23.0. The quantitative estimate of drug-likeness (QED) is 0.677. The van der Waals surface area contributed by atoms with E-state index in [4.69, 9.17) is 5.73 Å². The second kappa shape index (κ2) is 3.72. The molecule has 0 heterocycles. The number of rotatable bonds is 2. The Kier molecular flexibility index (Phi) is 2.53. The van der Waals surface area contributed by atoms with Gasteiger partial charge in [0.1, 0.15) is 0 Å². The summed E-state index contributed by atoms with van der Waals surface area (Å²) in [5.74, 6) is 0.520. The molecule has 0 aromatic rings. The number of carbonyl (C=O) groups is 2. The van der Waals surface area contributed by atoms with Crippen molar-refractivity contribution in [2.45, 2.75) is 69.0 Å². The molecule has 0 aliphatic heterocycles. The number of nitrogens with one attached hydrogen (secondary N) is 2. The van der Waals surface area contributed by atoms with Gasteiger partial charge in [0.05, 0.1) is 0 Å². The largest absolute Gasteiger partial charge is 0.351 e. The summed E-state index contributed by atoms with van der Waals surface area (Å²) in [6.07, 6.45) is 5.55. The highest BCUT2D eigenvalue weighted by Gasteiger charge is 2.62. The Balaban J connectivity index is 1.94. The van der Waals surface area contributed by atoms with Crippen molar-refractivity contribution >= 4 is 11.8 Å². The molecule has 2 atom stereocenters. The van der Waals surface area contributed by atoms with Crippen LogP contribution in [0.1, 0.15) is 52.4 Å². The maximum atomic E-state index is 11.5. The third-order valence-corrected chi connectivity index (χ3v) is 4.99. The van der Waals surface area contributed by atoms with E-state index >= 15 is 0 Å². The van der Waals surface area contributed by atoms with Gasteiger partial charge in [0.15, 0.2) is 0 Å². The van der Waals surface area contributed by atoms with E-state index in [1.165, 1.54) is 0 Å². The van der Waals surface area contributed by atoms with Crippen LogP contribution in [0.25, 0.3) is 0 Å². The van der Waals surface area contributed by atoms with Gasteiger partial charge in [0, 0.05) is 30.5 Å². The van der Waals surface area contributed by atoms with E-state index < -0.39 is 0 Å². The van der Waals surface area contributed by atoms with Gasteiger partial charge in [-0.25, -0.2) is 0 Å². The van der Waals surface area contributed by atoms with E-state index in [2.05, 4.69) is 10.6 Å². The highest BCUT2D eigenvalue weighted by Crippen LogP contribution is 2.58. The minimum Gasteiger partial charge on any atom is -0.351 e. The minimum absolute atomic E-state index is 0.00326. The molecule has 0 spiro atoms. The van der Waals surface area contributed by atoms with Crippen molar-refractivity contribution in [1.29, 1.82) is 0 Å². The summed E-state index contributed by atoms with van der Waals surface area (Å²) in [6.45, 7) is 3.12. The lowest BCUT2D eigenvalue weighted by Gasteiger charge is -2.65. The molecule has 0 saturated heterocycles. The second-order valence-electron chi connectivity index (χ2n) is 7.29. The molecule has 4 fully saturated rings. The summed E-state index contributed by atoms with van der Waals surface area (Å²) < 4.78 is 0. The van der Waals surface area contributed by atoms with Crippen LogP contribution in [0.15, 0.2) is 0 Å². The Bertz CT molecular complexity index is 416. The van der Waals surface area contributed by atoms with Crippen molar-refractivity contribution in [3.8, 4) is 0 Å². The van der Waals surface area contributed by atoms with E-state index in [-0.39, 0.29) is 28.4 Å². The minimum atomic E-state index is -0.232. The fraction of sp³-hybridized carbons (Fsp3) is 0.857. The van der Waals surface area contributed by atoms with E-state index in [1.54, 1.807) is 13.8 Å². The first-order valence-electron chi connectivity index (χ1n) is 7.10. The number of nitrogens with two attached hydrogens (primary N) is 1. The Morgan fingerprint density at radius 2 is 1.42 bits per heavy atom. The lowest BCUT2D eigenvalue weighted by Crippen LogP contribution is -2.76. The number of carbonyl (C=O) groups excluding carboxylic acids is 2. The third kappa shape index (κ3) is 2.14. The zero-order valence-corrected chi connectivity index (χ0v) is 11.7. The van der Waals surface area contributed by atoms with Gasteiger partial charge < -0.3 is 16.4 Å². The van der Waals surface area contributed by atoms with Crippen molar-refractivity contribution in [2.24, 2.45) is 11.7 Å². The number of amides is 2. The van der Waals surface area contributed by atoms with Crippen LogP contribution in [0.5, 0.6) is 0 Å². The van der Waals surface area contributed by atoms with Gasteiger partial charge in [-0.05, 0) is 44.4 Å². The molecule has 0 radical (unpaired) electrons. The van der Waals surface area contributed by atoms with Gasteiger partial charge >= 0.3 is 0 Å². The standard InChI is InChI=1S/C14H23N3O2/c1-9(18)16-13-4-11-3-12(15,6-13)7-14(5-11,8-13)17-10(2)19/h11H,3-8,15H2,1-2H3,(H,16,18)(H,17,19). The van der Waals surface area contributed by atoms with Crippen LogP contribution >= 0.6 is 0 Å². The fourth-order valence-electron chi connectivity index (χ4n) is 5.54. The van der Waals surface area contributed by atoms with Crippen LogP contribution < -0.4 is 16.4 Å². The Hall–Kier alpha value is -1.10. The molecule has 5 nitrogen and oxygen atoms in total. The highest BCUT2D eigenvalue weighted by atomic mass is 16.2. The molecular formula is C14H23N3O2. The molecule has 4 aliphatic rings. The Morgan fingerprint density at radius 3 is 1.79 bits per heavy atom. The van der Waals surface area contributed by atoms with Crippen molar-refractivity contribution in [2.75, 3.05) is 0 Å². The number of hydrogen-bond acceptors (Lipinski definition) is 3. The first-order valence-corrected chi connectivity index (χ1v) is 7.10. The molecular weight excluding hydrogens is 242 g/mol. The topological polar surface area (TPSA) is 84.2 Å². The molecule has 4 aliphatic carbocycles. The van der Waals surface area contributed by atoms with Gasteiger partial charge in [0.2, 0.25) is 11.8 Å². The van der Waals surface area contributed by atoms with Gasteiger partial charge in [-0.2, -0.15) is 0 Å². The smallest absolute Gasteiger partial charge is 0.217 e. The van der Waals surface area contributed by atoms with E-state index in [0.29, 0.717) is 5.92 Å². The van der Waals surface area contributed by atoms with Crippen LogP contribution in [-0.2, 0) is 9.59 Å². The molecule has 4 bridgehead atoms. The molecule has 4 N–H and O–H groups in total. The van der Waals surface area contributed by atoms with Gasteiger partial charge in [-0.1, -0.05) is 0 Å². The van der Waals surface area contributed by atoms with Crippen molar-refractivity contribution in [3.63, 3.8) is 0 Å². The van der Waals surface area contributed by atoms with E-state index in [0.717, 1.165) is 38.5 Å². The average molecular weight is 265 g/mol. The molecule has 4 rings (SSSR count). The molecule has 106 valence electrons. The summed E-state index contributed by atoms with van der Waals surface area (Å²) >= 11 is 0. The normalized spacial score (nSPS) is 47.0. The maximum Gasteiger partial charge on any atom is 0.217 e. The van der Waals surface area contributed by atoms with E-state index in [1.807, 2.05) is 0 Å². The van der Waals surface area contributed by atoms with Crippen LogP contribution in [0.4, 0.5) is 0 Å². The fourth-order valence-corrected chi connectivity index (χ4v) is 5.54. The van der Waals surface area contributed by atoms with Gasteiger partial charge in [0.25, 0.3) is 0 Å². The van der Waals surface area contributed by atoms with E-state index in [9.17, 15) is 9.59 Å². The average Bonchev–Trinajstić information content (AvgIpc) is 2.06. The molecule has 19 heavy (non-hydrogen) atoms. The summed E-state index contributed by atoms with van der Waals surface area (Å²) in [7, 11) is 0. The molecule has 2 amide bonds. The van der Waals surface area contributed by atoms with Gasteiger partial charge in [-0.15, -0.1) is 0 Å². The van der Waals surface area contributed by atoms with Crippen LogP contribution in [0.2, 0.25) is 0 Å². The first kappa shape index (κ1) is 12.9. The van der Waals surface area contributed by atoms with Crippen molar-refractivity contribution in [1.82, 2.24) is 10.6 Å².